The minimum Gasteiger partial charge on any atom is -0.379 e. The first kappa shape index (κ1) is 17.8. The molecule has 8 nitrogen and oxygen atoms in total. The molecule has 0 aliphatic carbocycles. The topological polar surface area (TPSA) is 88.8 Å². The zero-order valence-electron chi connectivity index (χ0n) is 14.4. The second-order valence-corrected chi connectivity index (χ2v) is 7.97. The molecule has 0 atom stereocenters. The van der Waals surface area contributed by atoms with Crippen LogP contribution in [0.4, 0.5) is 10.2 Å². The van der Waals surface area contributed by atoms with Crippen LogP contribution in [-0.2, 0) is 21.3 Å². The molecule has 2 aromatic heterocycles. The number of rotatable bonds is 5. The van der Waals surface area contributed by atoms with Gasteiger partial charge in [0.25, 0.3) is 10.0 Å². The first-order chi connectivity index (χ1) is 13.0. The number of anilines is 1. The van der Waals surface area contributed by atoms with Crippen LogP contribution in [0.3, 0.4) is 0 Å². The van der Waals surface area contributed by atoms with Crippen LogP contribution >= 0.6 is 0 Å². The highest BCUT2D eigenvalue weighted by Crippen LogP contribution is 2.19. The van der Waals surface area contributed by atoms with E-state index >= 15 is 0 Å². The number of nitrogens with zero attached hydrogens (tertiary/aromatic N) is 4. The van der Waals surface area contributed by atoms with Gasteiger partial charge in [0.1, 0.15) is 11.6 Å². The molecule has 0 bridgehead atoms. The molecule has 3 aromatic rings. The van der Waals surface area contributed by atoms with E-state index in [9.17, 15) is 12.8 Å². The molecular formula is C17H18FN5O3S. The number of halogens is 1. The Morgan fingerprint density at radius 1 is 1.11 bits per heavy atom. The molecule has 0 unspecified atom stereocenters. The fourth-order valence-electron chi connectivity index (χ4n) is 2.84. The fraction of sp³-hybridized carbons (Fsp3) is 0.294. The second kappa shape index (κ2) is 7.22. The van der Waals surface area contributed by atoms with Crippen LogP contribution in [0, 0.1) is 5.82 Å². The van der Waals surface area contributed by atoms with E-state index < -0.39 is 10.0 Å². The van der Waals surface area contributed by atoms with Gasteiger partial charge >= 0.3 is 0 Å². The van der Waals surface area contributed by atoms with E-state index in [2.05, 4.69) is 15.4 Å². The summed E-state index contributed by atoms with van der Waals surface area (Å²) in [5.74, 6) is 0.193. The van der Waals surface area contributed by atoms with Crippen LogP contribution in [0.2, 0.25) is 0 Å². The molecule has 142 valence electrons. The van der Waals surface area contributed by atoms with Gasteiger partial charge in [0.15, 0.2) is 10.7 Å². The Balaban J connectivity index is 1.60. The molecule has 1 N–H and O–H groups in total. The van der Waals surface area contributed by atoms with Crippen molar-refractivity contribution in [1.29, 1.82) is 0 Å². The van der Waals surface area contributed by atoms with Gasteiger partial charge in [0, 0.05) is 19.6 Å². The normalized spacial score (nSPS) is 15.9. The highest BCUT2D eigenvalue weighted by Gasteiger charge is 2.29. The molecule has 3 heterocycles. The lowest BCUT2D eigenvalue weighted by Crippen LogP contribution is -2.41. The summed E-state index contributed by atoms with van der Waals surface area (Å²) in [7, 11) is -3.71. The zero-order valence-corrected chi connectivity index (χ0v) is 15.2. The van der Waals surface area contributed by atoms with Gasteiger partial charge in [0.05, 0.1) is 19.4 Å². The Morgan fingerprint density at radius 2 is 1.85 bits per heavy atom. The number of hydrogen-bond acceptors (Lipinski definition) is 6. The molecule has 0 spiro atoms. The Morgan fingerprint density at radius 3 is 2.59 bits per heavy atom. The van der Waals surface area contributed by atoms with Gasteiger partial charge in [-0.1, -0.05) is 12.1 Å². The van der Waals surface area contributed by atoms with Crippen molar-refractivity contribution in [3.63, 3.8) is 0 Å². The predicted octanol–water partition coefficient (Wildman–Crippen LogP) is 1.50. The lowest BCUT2D eigenvalue weighted by Gasteiger charge is -2.25. The van der Waals surface area contributed by atoms with Crippen LogP contribution in [-0.4, -0.2) is 53.6 Å². The molecule has 4 rings (SSSR count). The van der Waals surface area contributed by atoms with Gasteiger partial charge in [-0.15, -0.1) is 5.10 Å². The van der Waals surface area contributed by atoms with Gasteiger partial charge < -0.3 is 10.1 Å². The third-order valence-electron chi connectivity index (χ3n) is 4.29. The number of benzene rings is 1. The fourth-order valence-corrected chi connectivity index (χ4v) is 4.27. The van der Waals surface area contributed by atoms with E-state index in [0.29, 0.717) is 44.3 Å². The predicted molar refractivity (Wildman–Crippen MR) is 96.3 cm³/mol. The van der Waals surface area contributed by atoms with E-state index in [1.165, 1.54) is 27.2 Å². The Kier molecular flexibility index (Phi) is 4.77. The van der Waals surface area contributed by atoms with E-state index in [4.69, 9.17) is 4.74 Å². The maximum atomic E-state index is 13.0. The summed E-state index contributed by atoms with van der Waals surface area (Å²) in [4.78, 5) is 4.14. The average Bonchev–Trinajstić information content (AvgIpc) is 3.12. The van der Waals surface area contributed by atoms with Gasteiger partial charge in [-0.2, -0.15) is 8.82 Å². The van der Waals surface area contributed by atoms with Crippen molar-refractivity contribution in [2.24, 2.45) is 0 Å². The molecule has 27 heavy (non-hydrogen) atoms. The molecule has 1 aromatic carbocycles. The van der Waals surface area contributed by atoms with Crippen LogP contribution < -0.4 is 5.32 Å². The number of hydrogen-bond donors (Lipinski definition) is 1. The van der Waals surface area contributed by atoms with E-state index in [-0.39, 0.29) is 10.8 Å². The third kappa shape index (κ3) is 3.64. The van der Waals surface area contributed by atoms with E-state index in [1.54, 1.807) is 24.3 Å². The van der Waals surface area contributed by atoms with Gasteiger partial charge in [-0.05, 0) is 29.8 Å². The standard InChI is InChI=1S/C17H18FN5O3S/c18-14-3-1-13(2-4-14)11-19-15-5-6-16-20-12-17(23(16)21-15)27(24,25)22-7-9-26-10-8-22/h1-6,12H,7-11H2,(H,19,21). The molecule has 0 radical (unpaired) electrons. The Hall–Kier alpha value is -2.56. The van der Waals surface area contributed by atoms with E-state index in [0.717, 1.165) is 5.56 Å². The molecule has 1 aliphatic rings. The number of fused-ring (bicyclic) bond motifs is 1. The number of nitrogens with one attached hydrogen (secondary N) is 1. The SMILES string of the molecule is O=S(=O)(c1cnc2ccc(NCc3ccc(F)cc3)nn12)N1CCOCC1. The molecular weight excluding hydrogens is 373 g/mol. The molecule has 1 saturated heterocycles. The van der Waals surface area contributed by atoms with Crippen LogP contribution in [0.25, 0.3) is 5.65 Å². The van der Waals surface area contributed by atoms with Crippen molar-refractivity contribution in [1.82, 2.24) is 18.9 Å². The summed E-state index contributed by atoms with van der Waals surface area (Å²) < 4.78 is 46.7. The minimum absolute atomic E-state index is 0.0184. The van der Waals surface area contributed by atoms with Crippen molar-refractivity contribution in [2.75, 3.05) is 31.6 Å². The third-order valence-corrected chi connectivity index (χ3v) is 6.14. The second-order valence-electron chi connectivity index (χ2n) is 6.08. The van der Waals surface area contributed by atoms with Crippen LogP contribution in [0.15, 0.2) is 47.6 Å². The summed E-state index contributed by atoms with van der Waals surface area (Å²) >= 11 is 0. The zero-order chi connectivity index (χ0) is 18.9. The summed E-state index contributed by atoms with van der Waals surface area (Å²) in [5, 5.41) is 7.49. The van der Waals surface area contributed by atoms with Crippen LogP contribution in [0.5, 0.6) is 0 Å². The maximum absolute atomic E-state index is 13.0. The average molecular weight is 391 g/mol. The molecule has 0 amide bonds. The van der Waals surface area contributed by atoms with Crippen molar-refractivity contribution in [3.8, 4) is 0 Å². The number of ether oxygens (including phenoxy) is 1. The summed E-state index contributed by atoms with van der Waals surface area (Å²) in [6.07, 6.45) is 1.32. The van der Waals surface area contributed by atoms with Crippen LogP contribution in [0.1, 0.15) is 5.56 Å². The first-order valence-corrected chi connectivity index (χ1v) is 9.89. The number of imidazole rings is 1. The lowest BCUT2D eigenvalue weighted by molar-refractivity contribution is 0.0729. The molecule has 0 saturated carbocycles. The van der Waals surface area contributed by atoms with E-state index in [1.807, 2.05) is 0 Å². The van der Waals surface area contributed by atoms with Gasteiger partial charge in [-0.3, -0.25) is 0 Å². The quantitative estimate of drug-likeness (QED) is 0.709. The Bertz CT molecular complexity index is 1050. The van der Waals surface area contributed by atoms with Gasteiger partial charge in [-0.25, -0.2) is 17.8 Å². The maximum Gasteiger partial charge on any atom is 0.262 e. The monoisotopic (exact) mass is 391 g/mol. The molecule has 10 heteroatoms. The number of morpholine rings is 1. The number of aromatic nitrogens is 3. The lowest BCUT2D eigenvalue weighted by atomic mass is 10.2. The highest BCUT2D eigenvalue weighted by atomic mass is 32.2. The van der Waals surface area contributed by atoms with Crippen molar-refractivity contribution in [3.05, 3.63) is 54.0 Å². The smallest absolute Gasteiger partial charge is 0.262 e. The molecule has 1 aliphatic heterocycles. The summed E-state index contributed by atoms with van der Waals surface area (Å²) in [5.41, 5.74) is 1.32. The largest absolute Gasteiger partial charge is 0.379 e. The summed E-state index contributed by atoms with van der Waals surface area (Å²) in [6.45, 7) is 1.77. The van der Waals surface area contributed by atoms with Gasteiger partial charge in [0.2, 0.25) is 0 Å². The highest BCUT2D eigenvalue weighted by molar-refractivity contribution is 7.89. The molecule has 1 fully saturated rings. The van der Waals surface area contributed by atoms with Crippen molar-refractivity contribution in [2.45, 2.75) is 11.6 Å². The van der Waals surface area contributed by atoms with Crippen molar-refractivity contribution < 1.29 is 17.5 Å². The van der Waals surface area contributed by atoms with Crippen molar-refractivity contribution >= 4 is 21.5 Å². The minimum atomic E-state index is -3.71. The summed E-state index contributed by atoms with van der Waals surface area (Å²) in [6, 6.07) is 9.53. The first-order valence-electron chi connectivity index (χ1n) is 8.45. The Labute approximate surface area is 155 Å². The number of sulfonamides is 1.